The minimum atomic E-state index is -0.153. The molecule has 2 aliphatic rings. The van der Waals surface area contributed by atoms with Crippen molar-refractivity contribution in [2.75, 3.05) is 9.80 Å². The maximum atomic E-state index is 7.91. The van der Waals surface area contributed by atoms with Crippen LogP contribution >= 0.6 is 0 Å². The first kappa shape index (κ1) is 60.8. The third-order valence-electron chi connectivity index (χ3n) is 22.8. The van der Waals surface area contributed by atoms with E-state index in [1.54, 1.807) is 0 Å². The summed E-state index contributed by atoms with van der Waals surface area (Å²) in [5.74, 6) is 0.626. The second-order valence-electron chi connectivity index (χ2n) is 28.9. The molecule has 506 valence electrons. The lowest BCUT2D eigenvalue weighted by Gasteiger charge is -2.34. The summed E-state index contributed by atoms with van der Waals surface area (Å²) in [7, 11) is 0. The van der Waals surface area contributed by atoms with Crippen molar-refractivity contribution < 1.29 is 8.83 Å². The molecule has 0 spiro atoms. The Morgan fingerprint density at radius 3 is 1.88 bits per heavy atom. The van der Waals surface area contributed by atoms with Crippen LogP contribution in [0.15, 0.2) is 379 Å². The average Bonchev–Trinajstić information content (AvgIpc) is 1.55. The molecular weight excluding hydrogens is 1330 g/mol. The van der Waals surface area contributed by atoms with E-state index in [9.17, 15) is 0 Å². The molecule has 0 bridgehead atoms. The number of rotatable bonds is 10. The van der Waals surface area contributed by atoms with Crippen LogP contribution in [0.4, 0.5) is 22.7 Å². The molecule has 5 heterocycles. The predicted octanol–water partition coefficient (Wildman–Crippen LogP) is 27.4. The van der Waals surface area contributed by atoms with E-state index in [1.165, 1.54) is 38.4 Å². The van der Waals surface area contributed by atoms with E-state index in [0.717, 1.165) is 170 Å². The lowest BCUT2D eigenvalue weighted by Crippen LogP contribution is -2.33. The number of anilines is 4. The fourth-order valence-electron chi connectivity index (χ4n) is 17.9. The van der Waals surface area contributed by atoms with Gasteiger partial charge in [0.2, 0.25) is 0 Å². The second kappa shape index (κ2) is 24.0. The number of nitrogens with zero attached hydrogens (tertiary/aromatic N) is 5. The van der Waals surface area contributed by atoms with Crippen molar-refractivity contribution in [2.45, 2.75) is 6.04 Å². The van der Waals surface area contributed by atoms with Crippen molar-refractivity contribution in [1.29, 1.82) is 0 Å². The number of benzene rings is 16. The molecule has 1 aliphatic carbocycles. The molecule has 7 nitrogen and oxygen atoms in total. The summed E-state index contributed by atoms with van der Waals surface area (Å²) in [5.41, 5.74) is 20.3. The van der Waals surface area contributed by atoms with Gasteiger partial charge in [-0.3, -0.25) is 0 Å². The number of aromatic nitrogens is 3. The van der Waals surface area contributed by atoms with Crippen LogP contribution in [0, 0.1) is 0 Å². The fourth-order valence-corrected chi connectivity index (χ4v) is 17.9. The summed E-state index contributed by atoms with van der Waals surface area (Å²) in [4.78, 5) is 21.1. The highest BCUT2D eigenvalue weighted by Crippen LogP contribution is 2.53. The van der Waals surface area contributed by atoms with Crippen LogP contribution in [0.25, 0.3) is 192 Å². The highest BCUT2D eigenvalue weighted by Gasteiger charge is 2.31. The number of allylic oxidation sites excluding steroid dienone is 4. The number of pyridine rings is 1. The summed E-state index contributed by atoms with van der Waals surface area (Å²) in [6.07, 6.45) is 15.5. The first-order chi connectivity index (χ1) is 54.0. The van der Waals surface area contributed by atoms with Gasteiger partial charge in [0, 0.05) is 90.3 Å². The molecule has 0 radical (unpaired) electrons. The van der Waals surface area contributed by atoms with Crippen molar-refractivity contribution in [1.82, 2.24) is 15.0 Å². The van der Waals surface area contributed by atoms with E-state index >= 15 is 0 Å². The van der Waals surface area contributed by atoms with Crippen molar-refractivity contribution in [3.8, 4) is 56.2 Å². The van der Waals surface area contributed by atoms with Gasteiger partial charge in [-0.15, -0.1) is 0 Å². The molecule has 21 aromatic rings. The maximum Gasteiger partial charge on any atom is 0.160 e. The molecule has 1 aliphatic heterocycles. The first-order valence-electron chi connectivity index (χ1n) is 37.2. The van der Waals surface area contributed by atoms with Crippen molar-refractivity contribution in [3.05, 3.63) is 375 Å². The van der Waals surface area contributed by atoms with E-state index in [1.807, 2.05) is 12.3 Å². The Hall–Kier alpha value is -14.5. The van der Waals surface area contributed by atoms with Crippen molar-refractivity contribution in [2.24, 2.45) is 0 Å². The lowest BCUT2D eigenvalue weighted by molar-refractivity contribution is 0.669. The van der Waals surface area contributed by atoms with E-state index in [-0.39, 0.29) is 6.04 Å². The molecule has 17 aromatic carbocycles. The van der Waals surface area contributed by atoms with Gasteiger partial charge in [-0.05, 0) is 195 Å². The normalized spacial score (nSPS) is 13.8. The maximum absolute atomic E-state index is 7.91. The SMILES string of the molecule is C1=CN(c2cc3oc4cc(-c5nc6ccccc6c6ccccc56)cc5c6cc(N(c7ccccc7)c7cccc8c(-c9ccc%10ccccc%10c9)cccc78)cc7oc8c(-c9ccnc(-c%10cccc%11cc%12ccccc%12cc%10%11)n9)ccc(c(c2)c3c45)c8c76)C2C=C(c3ccccc3-c3ccccc3)C=CC2=C1. The molecule has 23 rings (SSSR count). The molecule has 1 unspecified atom stereocenters. The number of fused-ring (bicyclic) bond motifs is 10. The summed E-state index contributed by atoms with van der Waals surface area (Å²) in [5, 5.41) is 20.4. The molecule has 4 aromatic heterocycles. The van der Waals surface area contributed by atoms with Crippen LogP contribution in [0.1, 0.15) is 5.56 Å². The Morgan fingerprint density at radius 1 is 0.349 bits per heavy atom. The van der Waals surface area contributed by atoms with E-state index in [2.05, 4.69) is 362 Å². The Labute approximate surface area is 625 Å². The number of hydrogen-bond donors (Lipinski definition) is 0. The summed E-state index contributed by atoms with van der Waals surface area (Å²) in [6, 6.07) is 116. The van der Waals surface area contributed by atoms with Gasteiger partial charge in [0.1, 0.15) is 22.3 Å². The zero-order valence-electron chi connectivity index (χ0n) is 58.8. The molecule has 7 heteroatoms. The van der Waals surface area contributed by atoms with Gasteiger partial charge in [-0.25, -0.2) is 15.0 Å². The van der Waals surface area contributed by atoms with Gasteiger partial charge >= 0.3 is 0 Å². The predicted molar refractivity (Wildman–Crippen MR) is 455 cm³/mol. The van der Waals surface area contributed by atoms with Crippen LogP contribution in [0.3, 0.4) is 0 Å². The van der Waals surface area contributed by atoms with Gasteiger partial charge in [-0.2, -0.15) is 0 Å². The van der Waals surface area contributed by atoms with Crippen LogP contribution in [-0.4, -0.2) is 21.0 Å². The summed E-state index contributed by atoms with van der Waals surface area (Å²) in [6.45, 7) is 0. The van der Waals surface area contributed by atoms with Crippen LogP contribution in [-0.2, 0) is 0 Å². The van der Waals surface area contributed by atoms with Gasteiger partial charge in [-0.1, -0.05) is 249 Å². The second-order valence-corrected chi connectivity index (χ2v) is 28.9. The molecule has 1 atom stereocenters. The van der Waals surface area contributed by atoms with Crippen LogP contribution in [0.2, 0.25) is 0 Å². The largest absolute Gasteiger partial charge is 0.456 e. The highest BCUT2D eigenvalue weighted by molar-refractivity contribution is 6.38. The third kappa shape index (κ3) is 9.60. The lowest BCUT2D eigenvalue weighted by atomic mass is 9.87. The number of furan rings is 2. The summed E-state index contributed by atoms with van der Waals surface area (Å²) >= 11 is 0. The first-order valence-corrected chi connectivity index (χ1v) is 37.2. The molecule has 0 saturated carbocycles. The van der Waals surface area contributed by atoms with Gasteiger partial charge in [0.15, 0.2) is 5.82 Å². The highest BCUT2D eigenvalue weighted by atomic mass is 16.3. The van der Waals surface area contributed by atoms with E-state index in [4.69, 9.17) is 23.8 Å². The molecule has 0 amide bonds. The van der Waals surface area contributed by atoms with Crippen LogP contribution < -0.4 is 9.80 Å². The number of para-hydroxylation sites is 2. The van der Waals surface area contributed by atoms with Gasteiger partial charge < -0.3 is 18.6 Å². The third-order valence-corrected chi connectivity index (χ3v) is 22.8. The standard InChI is InChI=1S/C102H61N5O2/c1-3-22-62(23-4-1)74-31-11-12-32-75(74)69-45-43-63-28-20-50-106(92(63)55-69)72-57-87-81-46-47-84(90-48-49-103-102(105-90)83-39-17-27-67-52-65-25-9-10-26-66(65)53-85(67)83)101-99(81)98-88(86-54-70(56-93-96(86)97(87)94(59-72)108-93)100-82-35-14-13-33-78(82)79-34-15-16-40-89(79)104-100)58-73(60-95(98)109-101)107(71-29-5-2-6-30-71)91-41-19-37-77-76(36-18-38-80(77)91)68-44-42-61-21-7-8-24-64(61)51-68/h1-60,92H. The molecule has 109 heavy (non-hydrogen) atoms. The molecular formula is C102H61N5O2. The molecule has 0 N–H and O–H groups in total. The quantitative estimate of drug-likeness (QED) is 0.0998. The van der Waals surface area contributed by atoms with Gasteiger partial charge in [0.25, 0.3) is 0 Å². The zero-order chi connectivity index (χ0) is 71.4. The Balaban J connectivity index is 0.823. The Morgan fingerprint density at radius 2 is 1.01 bits per heavy atom. The minimum absolute atomic E-state index is 0.153. The molecule has 0 saturated heterocycles. The molecule has 0 fully saturated rings. The zero-order valence-corrected chi connectivity index (χ0v) is 58.8. The van der Waals surface area contributed by atoms with Crippen molar-refractivity contribution in [3.63, 3.8) is 0 Å². The van der Waals surface area contributed by atoms with E-state index in [0.29, 0.717) is 17.0 Å². The van der Waals surface area contributed by atoms with E-state index < -0.39 is 0 Å². The monoisotopic (exact) mass is 1390 g/mol. The topological polar surface area (TPSA) is 71.4 Å². The van der Waals surface area contributed by atoms with Gasteiger partial charge in [0.05, 0.1) is 34.3 Å². The van der Waals surface area contributed by atoms with Crippen molar-refractivity contribution >= 4 is 159 Å². The van der Waals surface area contributed by atoms with Crippen LogP contribution in [0.5, 0.6) is 0 Å². The number of hydrogen-bond acceptors (Lipinski definition) is 7. The smallest absolute Gasteiger partial charge is 0.160 e. The summed E-state index contributed by atoms with van der Waals surface area (Å²) < 4.78 is 15.6. The Kier molecular flexibility index (Phi) is 13.4. The Bertz CT molecular complexity index is 7570. The average molecular weight is 1390 g/mol. The fraction of sp³-hybridized carbons (Fsp3) is 0.00980. The minimum Gasteiger partial charge on any atom is -0.456 e.